The molecule has 0 saturated carbocycles. The van der Waals surface area contributed by atoms with Gasteiger partial charge in [0, 0.05) is 23.5 Å². The van der Waals surface area contributed by atoms with Gasteiger partial charge in [0.25, 0.3) is 5.91 Å². The lowest BCUT2D eigenvalue weighted by atomic mass is 10.1. The SMILES string of the molecule is Cc1ccc(C(=O)N2CCC(Br)C2)cc1C. The summed E-state index contributed by atoms with van der Waals surface area (Å²) in [7, 11) is 0. The summed E-state index contributed by atoms with van der Waals surface area (Å²) < 4.78 is 0. The van der Waals surface area contributed by atoms with Crippen LogP contribution in [0.25, 0.3) is 0 Å². The summed E-state index contributed by atoms with van der Waals surface area (Å²) in [5.74, 6) is 0.157. The zero-order valence-corrected chi connectivity index (χ0v) is 11.3. The van der Waals surface area contributed by atoms with Crippen LogP contribution >= 0.6 is 15.9 Å². The summed E-state index contributed by atoms with van der Waals surface area (Å²) in [4.78, 5) is 14.5. The molecule has 1 aromatic rings. The fraction of sp³-hybridized carbons (Fsp3) is 0.462. The van der Waals surface area contributed by atoms with Gasteiger partial charge in [-0.3, -0.25) is 4.79 Å². The first-order valence-electron chi connectivity index (χ1n) is 5.58. The highest BCUT2D eigenvalue weighted by molar-refractivity contribution is 9.09. The van der Waals surface area contributed by atoms with Gasteiger partial charge in [-0.1, -0.05) is 22.0 Å². The number of likely N-dealkylation sites (tertiary alicyclic amines) is 1. The van der Waals surface area contributed by atoms with E-state index in [1.165, 1.54) is 11.1 Å². The highest BCUT2D eigenvalue weighted by Gasteiger charge is 2.25. The number of aryl methyl sites for hydroxylation is 2. The van der Waals surface area contributed by atoms with E-state index < -0.39 is 0 Å². The summed E-state index contributed by atoms with van der Waals surface area (Å²) in [6.45, 7) is 5.80. The molecule has 1 aromatic carbocycles. The van der Waals surface area contributed by atoms with Gasteiger partial charge < -0.3 is 4.90 Å². The van der Waals surface area contributed by atoms with Gasteiger partial charge in [0.05, 0.1) is 0 Å². The maximum absolute atomic E-state index is 12.2. The van der Waals surface area contributed by atoms with E-state index in [0.717, 1.165) is 25.1 Å². The zero-order chi connectivity index (χ0) is 11.7. The molecule has 1 aliphatic heterocycles. The van der Waals surface area contributed by atoms with E-state index in [2.05, 4.69) is 22.9 Å². The number of nitrogens with zero attached hydrogens (tertiary/aromatic N) is 1. The molecule has 1 saturated heterocycles. The molecule has 0 spiro atoms. The Morgan fingerprint density at radius 3 is 2.69 bits per heavy atom. The average molecular weight is 282 g/mol. The predicted octanol–water partition coefficient (Wildman–Crippen LogP) is 2.91. The van der Waals surface area contributed by atoms with Gasteiger partial charge in [-0.25, -0.2) is 0 Å². The lowest BCUT2D eigenvalue weighted by molar-refractivity contribution is 0.0793. The van der Waals surface area contributed by atoms with Crippen LogP contribution in [0.3, 0.4) is 0 Å². The molecule has 86 valence electrons. The van der Waals surface area contributed by atoms with Crippen molar-refractivity contribution in [3.05, 3.63) is 34.9 Å². The van der Waals surface area contributed by atoms with E-state index in [9.17, 15) is 4.79 Å². The van der Waals surface area contributed by atoms with Crippen molar-refractivity contribution < 1.29 is 4.79 Å². The standard InChI is InChI=1S/C13H16BrNO/c1-9-3-4-11(7-10(9)2)13(16)15-6-5-12(14)8-15/h3-4,7,12H,5-6,8H2,1-2H3. The number of carbonyl (C=O) groups is 1. The smallest absolute Gasteiger partial charge is 0.253 e. The molecule has 2 nitrogen and oxygen atoms in total. The van der Waals surface area contributed by atoms with Crippen LogP contribution in [0.1, 0.15) is 27.9 Å². The van der Waals surface area contributed by atoms with Crippen LogP contribution < -0.4 is 0 Å². The van der Waals surface area contributed by atoms with Crippen LogP contribution in [0.4, 0.5) is 0 Å². The molecule has 0 radical (unpaired) electrons. The fourth-order valence-electron chi connectivity index (χ4n) is 1.96. The number of benzene rings is 1. The van der Waals surface area contributed by atoms with Crippen molar-refractivity contribution >= 4 is 21.8 Å². The fourth-order valence-corrected chi connectivity index (χ4v) is 2.51. The number of hydrogen-bond donors (Lipinski definition) is 0. The molecule has 1 atom stereocenters. The Morgan fingerprint density at radius 1 is 1.38 bits per heavy atom. The summed E-state index contributed by atoms with van der Waals surface area (Å²) >= 11 is 3.55. The van der Waals surface area contributed by atoms with Crippen molar-refractivity contribution in [1.82, 2.24) is 4.90 Å². The number of amides is 1. The molecule has 1 unspecified atom stereocenters. The molecule has 0 bridgehead atoms. The van der Waals surface area contributed by atoms with E-state index in [1.54, 1.807) is 0 Å². The summed E-state index contributed by atoms with van der Waals surface area (Å²) in [5, 5.41) is 0. The van der Waals surface area contributed by atoms with E-state index in [1.807, 2.05) is 30.0 Å². The Hall–Kier alpha value is -0.830. The second-order valence-electron chi connectivity index (χ2n) is 4.44. The molecule has 0 N–H and O–H groups in total. The van der Waals surface area contributed by atoms with Gasteiger partial charge in [0.2, 0.25) is 0 Å². The molecule has 1 fully saturated rings. The molecule has 0 aromatic heterocycles. The third-order valence-electron chi connectivity index (χ3n) is 3.17. The van der Waals surface area contributed by atoms with Crippen molar-refractivity contribution in [3.8, 4) is 0 Å². The number of hydrogen-bond acceptors (Lipinski definition) is 1. The van der Waals surface area contributed by atoms with E-state index in [-0.39, 0.29) is 5.91 Å². The second kappa shape index (κ2) is 4.58. The summed E-state index contributed by atoms with van der Waals surface area (Å²) in [5.41, 5.74) is 3.22. The van der Waals surface area contributed by atoms with Crippen molar-refractivity contribution in [2.75, 3.05) is 13.1 Å². The first-order chi connectivity index (χ1) is 7.58. The number of rotatable bonds is 1. The minimum absolute atomic E-state index is 0.157. The Balaban J connectivity index is 2.18. The van der Waals surface area contributed by atoms with Gasteiger partial charge >= 0.3 is 0 Å². The molecule has 16 heavy (non-hydrogen) atoms. The van der Waals surface area contributed by atoms with Crippen molar-refractivity contribution in [3.63, 3.8) is 0 Å². The van der Waals surface area contributed by atoms with Gasteiger partial charge in [0.15, 0.2) is 0 Å². The van der Waals surface area contributed by atoms with Crippen LogP contribution in [0.15, 0.2) is 18.2 Å². The van der Waals surface area contributed by atoms with Crippen molar-refractivity contribution in [2.45, 2.75) is 25.1 Å². The van der Waals surface area contributed by atoms with Crippen LogP contribution in [-0.4, -0.2) is 28.7 Å². The average Bonchev–Trinajstić information content (AvgIpc) is 2.68. The Morgan fingerprint density at radius 2 is 2.12 bits per heavy atom. The van der Waals surface area contributed by atoms with Gasteiger partial charge in [-0.15, -0.1) is 0 Å². The predicted molar refractivity (Wildman–Crippen MR) is 69.2 cm³/mol. The summed E-state index contributed by atoms with van der Waals surface area (Å²) in [6.07, 6.45) is 1.05. The van der Waals surface area contributed by atoms with Crippen molar-refractivity contribution in [1.29, 1.82) is 0 Å². The van der Waals surface area contributed by atoms with Gasteiger partial charge in [-0.2, -0.15) is 0 Å². The normalized spacial score (nSPS) is 20.2. The van der Waals surface area contributed by atoms with E-state index in [0.29, 0.717) is 4.83 Å². The molecule has 0 aliphatic carbocycles. The molecular weight excluding hydrogens is 266 g/mol. The van der Waals surface area contributed by atoms with Crippen LogP contribution in [0.2, 0.25) is 0 Å². The van der Waals surface area contributed by atoms with Crippen LogP contribution in [-0.2, 0) is 0 Å². The summed E-state index contributed by atoms with van der Waals surface area (Å²) in [6, 6.07) is 5.93. The molecule has 3 heteroatoms. The van der Waals surface area contributed by atoms with Gasteiger partial charge in [-0.05, 0) is 43.5 Å². The lowest BCUT2D eigenvalue weighted by Gasteiger charge is -2.16. The highest BCUT2D eigenvalue weighted by atomic mass is 79.9. The third-order valence-corrected chi connectivity index (χ3v) is 3.92. The molecular formula is C13H16BrNO. The highest BCUT2D eigenvalue weighted by Crippen LogP contribution is 2.19. The van der Waals surface area contributed by atoms with Crippen molar-refractivity contribution in [2.24, 2.45) is 0 Å². The van der Waals surface area contributed by atoms with E-state index >= 15 is 0 Å². The minimum Gasteiger partial charge on any atom is -0.337 e. The van der Waals surface area contributed by atoms with Gasteiger partial charge in [0.1, 0.15) is 0 Å². The number of alkyl halides is 1. The third kappa shape index (κ3) is 2.29. The van der Waals surface area contributed by atoms with Crippen LogP contribution in [0, 0.1) is 13.8 Å². The lowest BCUT2D eigenvalue weighted by Crippen LogP contribution is -2.28. The molecule has 1 heterocycles. The Labute approximate surface area is 105 Å². The molecule has 1 aliphatic rings. The van der Waals surface area contributed by atoms with E-state index in [4.69, 9.17) is 0 Å². The maximum atomic E-state index is 12.2. The maximum Gasteiger partial charge on any atom is 0.253 e. The number of carbonyl (C=O) groups excluding carboxylic acids is 1. The quantitative estimate of drug-likeness (QED) is 0.725. The minimum atomic E-state index is 0.157. The monoisotopic (exact) mass is 281 g/mol. The van der Waals surface area contributed by atoms with Crippen LogP contribution in [0.5, 0.6) is 0 Å². The molecule has 2 rings (SSSR count). The molecule has 1 amide bonds. The Bertz CT molecular complexity index is 416. The first kappa shape index (κ1) is 11.6. The first-order valence-corrected chi connectivity index (χ1v) is 6.50. The Kier molecular flexibility index (Phi) is 3.33. The topological polar surface area (TPSA) is 20.3 Å². The largest absolute Gasteiger partial charge is 0.337 e. The second-order valence-corrected chi connectivity index (χ2v) is 5.73. The zero-order valence-electron chi connectivity index (χ0n) is 9.66. The number of halogens is 1.